The van der Waals surface area contributed by atoms with Crippen molar-refractivity contribution in [2.24, 2.45) is 0 Å². The van der Waals surface area contributed by atoms with Crippen LogP contribution in [-0.2, 0) is 32.6 Å². The zero-order valence-electron chi connectivity index (χ0n) is 22.8. The van der Waals surface area contributed by atoms with E-state index in [9.17, 15) is 19.0 Å². The Hall–Kier alpha value is -3.29. The van der Waals surface area contributed by atoms with E-state index in [1.807, 2.05) is 0 Å². The molecule has 5 rings (SSSR count). The predicted octanol–water partition coefficient (Wildman–Crippen LogP) is -0.545. The number of ether oxygens (including phenoxy) is 4. The Morgan fingerprint density at radius 1 is 1.02 bits per heavy atom. The van der Waals surface area contributed by atoms with Crippen LogP contribution in [0.1, 0.15) is 39.1 Å². The van der Waals surface area contributed by atoms with Crippen molar-refractivity contribution in [3.63, 3.8) is 0 Å². The number of nitrogens with zero attached hydrogens (tertiary/aromatic N) is 6. The van der Waals surface area contributed by atoms with Gasteiger partial charge in [0.1, 0.15) is 37.1 Å². The van der Waals surface area contributed by atoms with E-state index in [1.54, 1.807) is 18.4 Å². The minimum Gasteiger partial charge on any atom is -0.379 e. The molecule has 230 valence electrons. The number of nitrogens with two attached hydrogens (primary N) is 2. The fourth-order valence-electron chi connectivity index (χ4n) is 4.85. The van der Waals surface area contributed by atoms with Gasteiger partial charge in [0, 0.05) is 26.1 Å². The highest BCUT2D eigenvalue weighted by Gasteiger charge is 2.44. The maximum absolute atomic E-state index is 13.1. The Labute approximate surface area is 237 Å². The standard InChI is InChI=1S/C22H32N9O10P/c1-3-36-7-13-12(6-16(39-13)31-10-26-20(23)29-22(31)33)41-42(34,35)38-8-14-11(37-4-2)5-15(40-14)30-9-25-17-18(30)27-21(24)28-19(17)32/h9-16H,3-8H2,1-2H3,(H,34,35)(H2,23,29,33)(H3,24,27,28,32). The number of hydrogen-bond acceptors (Lipinski definition) is 15. The molecule has 2 saturated heterocycles. The summed E-state index contributed by atoms with van der Waals surface area (Å²) in [6.45, 7) is 3.94. The first kappa shape index (κ1) is 30.2. The Kier molecular flexibility index (Phi) is 9.00. The van der Waals surface area contributed by atoms with Crippen molar-refractivity contribution in [1.82, 2.24) is 34.1 Å². The molecular weight excluding hydrogens is 581 g/mol. The van der Waals surface area contributed by atoms with Crippen molar-refractivity contribution in [3.05, 3.63) is 33.5 Å². The van der Waals surface area contributed by atoms with Gasteiger partial charge in [-0.15, -0.1) is 0 Å². The van der Waals surface area contributed by atoms with Gasteiger partial charge in [-0.3, -0.25) is 28.0 Å². The number of nitrogens with one attached hydrogen (secondary N) is 1. The number of aromatic nitrogens is 7. The normalized spacial score (nSPS) is 27.5. The van der Waals surface area contributed by atoms with Crippen LogP contribution in [0.25, 0.3) is 11.2 Å². The molecule has 20 heteroatoms. The Morgan fingerprint density at radius 3 is 2.43 bits per heavy atom. The SMILES string of the molecule is CCOCC1OC(n2cnc(N)nc2=O)CC1OP(=O)(O)OCC1OC(n2cnc3c(=O)[nH]c(N)nc32)CC1OCC. The van der Waals surface area contributed by atoms with E-state index in [4.69, 9.17) is 39.5 Å². The third kappa shape index (κ3) is 6.52. The van der Waals surface area contributed by atoms with E-state index in [0.29, 0.717) is 19.6 Å². The summed E-state index contributed by atoms with van der Waals surface area (Å²) in [6.07, 6.45) is -1.77. The van der Waals surface area contributed by atoms with Crippen LogP contribution < -0.4 is 22.7 Å². The Balaban J connectivity index is 1.26. The molecule has 7 atom stereocenters. The largest absolute Gasteiger partial charge is 0.472 e. The average Bonchev–Trinajstić information content (AvgIpc) is 3.63. The summed E-state index contributed by atoms with van der Waals surface area (Å²) in [5.74, 6) is -0.278. The van der Waals surface area contributed by atoms with Crippen molar-refractivity contribution >= 4 is 30.9 Å². The molecule has 0 aromatic carbocycles. The van der Waals surface area contributed by atoms with Crippen LogP contribution >= 0.6 is 7.82 Å². The van der Waals surface area contributed by atoms with Crippen LogP contribution in [0.5, 0.6) is 0 Å². The highest BCUT2D eigenvalue weighted by Crippen LogP contribution is 2.49. The smallest absolute Gasteiger partial charge is 0.379 e. The average molecular weight is 614 g/mol. The zero-order valence-corrected chi connectivity index (χ0v) is 23.7. The lowest BCUT2D eigenvalue weighted by molar-refractivity contribution is -0.0704. The number of nitrogen functional groups attached to an aromatic ring is 2. The van der Waals surface area contributed by atoms with Gasteiger partial charge < -0.3 is 35.3 Å². The fraction of sp³-hybridized carbons (Fsp3) is 0.636. The van der Waals surface area contributed by atoms with E-state index in [2.05, 4.69) is 24.9 Å². The summed E-state index contributed by atoms with van der Waals surface area (Å²) in [6, 6.07) is 0. The van der Waals surface area contributed by atoms with Gasteiger partial charge in [-0.05, 0) is 13.8 Å². The maximum atomic E-state index is 13.1. The molecule has 0 amide bonds. The lowest BCUT2D eigenvalue weighted by atomic mass is 10.2. The molecule has 0 bridgehead atoms. The van der Waals surface area contributed by atoms with Crippen LogP contribution in [-0.4, -0.2) is 89.8 Å². The van der Waals surface area contributed by atoms with E-state index in [1.165, 1.54) is 12.7 Å². The number of rotatable bonds is 12. The van der Waals surface area contributed by atoms with Gasteiger partial charge in [-0.1, -0.05) is 0 Å². The van der Waals surface area contributed by atoms with Crippen molar-refractivity contribution in [2.75, 3.05) is 37.9 Å². The van der Waals surface area contributed by atoms with Crippen molar-refractivity contribution in [3.8, 4) is 0 Å². The molecule has 6 N–H and O–H groups in total. The predicted molar refractivity (Wildman–Crippen MR) is 143 cm³/mol. The first-order chi connectivity index (χ1) is 20.1. The third-order valence-electron chi connectivity index (χ3n) is 6.72. The zero-order chi connectivity index (χ0) is 30.0. The first-order valence-corrected chi connectivity index (χ1v) is 14.7. The monoisotopic (exact) mass is 613 g/mol. The van der Waals surface area contributed by atoms with Gasteiger partial charge in [0.05, 0.1) is 25.6 Å². The van der Waals surface area contributed by atoms with Crippen LogP contribution in [0, 0.1) is 0 Å². The second-order valence-electron chi connectivity index (χ2n) is 9.47. The summed E-state index contributed by atoms with van der Waals surface area (Å²) in [7, 11) is -4.68. The summed E-state index contributed by atoms with van der Waals surface area (Å²) in [5.41, 5.74) is 10.3. The number of phosphoric acid groups is 1. The third-order valence-corrected chi connectivity index (χ3v) is 7.73. The molecule has 2 aliphatic heterocycles. The molecule has 0 aliphatic carbocycles. The number of aromatic amines is 1. The number of anilines is 2. The van der Waals surface area contributed by atoms with Gasteiger partial charge in [0.2, 0.25) is 11.9 Å². The van der Waals surface area contributed by atoms with Crippen LogP contribution in [0.3, 0.4) is 0 Å². The number of phosphoric ester groups is 1. The van der Waals surface area contributed by atoms with E-state index in [-0.39, 0.29) is 42.7 Å². The molecule has 0 radical (unpaired) electrons. The quantitative estimate of drug-likeness (QED) is 0.187. The summed E-state index contributed by atoms with van der Waals surface area (Å²) in [5, 5.41) is 0. The van der Waals surface area contributed by atoms with Gasteiger partial charge in [-0.25, -0.2) is 19.3 Å². The topological polar surface area (TPSA) is 256 Å². The minimum absolute atomic E-state index is 0.00533. The van der Waals surface area contributed by atoms with Gasteiger partial charge >= 0.3 is 13.5 Å². The maximum Gasteiger partial charge on any atom is 0.472 e. The molecule has 19 nitrogen and oxygen atoms in total. The molecule has 3 aromatic heterocycles. The van der Waals surface area contributed by atoms with Gasteiger partial charge in [0.15, 0.2) is 11.2 Å². The van der Waals surface area contributed by atoms with Crippen molar-refractivity contribution in [1.29, 1.82) is 0 Å². The lowest BCUT2D eigenvalue weighted by Gasteiger charge is -2.23. The molecule has 5 heterocycles. The number of fused-ring (bicyclic) bond motifs is 1. The second-order valence-corrected chi connectivity index (χ2v) is 10.9. The van der Waals surface area contributed by atoms with Gasteiger partial charge in [-0.2, -0.15) is 9.97 Å². The lowest BCUT2D eigenvalue weighted by Crippen LogP contribution is -2.31. The molecule has 0 saturated carbocycles. The number of H-pyrrole nitrogens is 1. The molecular formula is C22H32N9O10P. The molecule has 3 aromatic rings. The summed E-state index contributed by atoms with van der Waals surface area (Å²) >= 11 is 0. The summed E-state index contributed by atoms with van der Waals surface area (Å²) < 4.78 is 49.7. The van der Waals surface area contributed by atoms with E-state index < -0.39 is 55.9 Å². The molecule has 7 unspecified atom stereocenters. The van der Waals surface area contributed by atoms with Crippen molar-refractivity contribution in [2.45, 2.75) is 63.6 Å². The molecule has 2 aliphatic rings. The van der Waals surface area contributed by atoms with E-state index >= 15 is 0 Å². The number of hydrogen-bond donors (Lipinski definition) is 4. The fourth-order valence-corrected chi connectivity index (χ4v) is 5.81. The minimum atomic E-state index is -4.68. The Morgan fingerprint density at radius 2 is 1.71 bits per heavy atom. The molecule has 0 spiro atoms. The molecule has 2 fully saturated rings. The van der Waals surface area contributed by atoms with Gasteiger partial charge in [0.25, 0.3) is 5.56 Å². The van der Waals surface area contributed by atoms with Crippen molar-refractivity contribution < 1.29 is 37.5 Å². The van der Waals surface area contributed by atoms with E-state index in [0.717, 1.165) is 4.57 Å². The highest BCUT2D eigenvalue weighted by molar-refractivity contribution is 7.47. The highest BCUT2D eigenvalue weighted by atomic mass is 31.2. The first-order valence-electron chi connectivity index (χ1n) is 13.2. The number of imidazole rings is 1. The van der Waals surface area contributed by atoms with Crippen LogP contribution in [0.2, 0.25) is 0 Å². The Bertz CT molecular complexity index is 1560. The van der Waals surface area contributed by atoms with Crippen LogP contribution in [0.4, 0.5) is 11.9 Å². The van der Waals surface area contributed by atoms with Crippen LogP contribution in [0.15, 0.2) is 22.2 Å². The molecule has 42 heavy (non-hydrogen) atoms. The summed E-state index contributed by atoms with van der Waals surface area (Å²) in [4.78, 5) is 53.1. The second kappa shape index (κ2) is 12.5.